The van der Waals surface area contributed by atoms with E-state index in [-0.39, 0.29) is 5.91 Å². The summed E-state index contributed by atoms with van der Waals surface area (Å²) >= 11 is 1.64. The van der Waals surface area contributed by atoms with Crippen LogP contribution in [0.15, 0.2) is 42.5 Å². The quantitative estimate of drug-likeness (QED) is 0.780. The van der Waals surface area contributed by atoms with Crippen molar-refractivity contribution in [1.29, 1.82) is 0 Å². The summed E-state index contributed by atoms with van der Waals surface area (Å²) in [5, 5.41) is 3.96. The van der Waals surface area contributed by atoms with E-state index >= 15 is 0 Å². The molecular formula is C19H19N3O2S. The zero-order valence-electron chi connectivity index (χ0n) is 14.0. The van der Waals surface area contributed by atoms with Gasteiger partial charge in [0, 0.05) is 30.0 Å². The van der Waals surface area contributed by atoms with Crippen LogP contribution in [0.5, 0.6) is 0 Å². The lowest BCUT2D eigenvalue weighted by atomic mass is 10.2. The monoisotopic (exact) mass is 353 g/mol. The van der Waals surface area contributed by atoms with Crippen molar-refractivity contribution in [2.75, 3.05) is 36.5 Å². The molecule has 4 rings (SSSR count). The summed E-state index contributed by atoms with van der Waals surface area (Å²) in [7, 11) is 0. The van der Waals surface area contributed by atoms with Crippen molar-refractivity contribution >= 4 is 38.8 Å². The number of carbonyl (C=O) groups excluding carboxylic acids is 1. The lowest BCUT2D eigenvalue weighted by molar-refractivity contribution is 0.102. The van der Waals surface area contributed by atoms with Gasteiger partial charge >= 0.3 is 0 Å². The van der Waals surface area contributed by atoms with Crippen molar-refractivity contribution in [3.05, 3.63) is 53.0 Å². The van der Waals surface area contributed by atoms with E-state index in [1.807, 2.05) is 49.4 Å². The van der Waals surface area contributed by atoms with Gasteiger partial charge in [-0.05, 0) is 49.4 Å². The van der Waals surface area contributed by atoms with Crippen molar-refractivity contribution in [3.63, 3.8) is 0 Å². The highest BCUT2D eigenvalue weighted by molar-refractivity contribution is 7.18. The van der Waals surface area contributed by atoms with Crippen molar-refractivity contribution in [2.45, 2.75) is 6.92 Å². The maximum absolute atomic E-state index is 12.5. The molecule has 1 amide bonds. The molecule has 0 unspecified atom stereocenters. The number of nitrogens with one attached hydrogen (secondary N) is 1. The Morgan fingerprint density at radius 1 is 1.16 bits per heavy atom. The molecule has 1 aliphatic rings. The summed E-state index contributed by atoms with van der Waals surface area (Å²) in [6.07, 6.45) is 0. The standard InChI is InChI=1S/C19H19N3O2S/c1-13-20-17-12-14(2-7-18(17)25-13)19(23)21-15-3-5-16(6-4-15)22-8-10-24-11-9-22/h2-7,12H,8-11H2,1H3,(H,21,23). The van der Waals surface area contributed by atoms with E-state index in [9.17, 15) is 4.79 Å². The number of nitrogens with zero attached hydrogens (tertiary/aromatic N) is 2. The molecule has 1 aliphatic heterocycles. The number of benzene rings is 2. The molecule has 1 fully saturated rings. The molecule has 3 aromatic rings. The second-order valence-corrected chi connectivity index (χ2v) is 7.25. The minimum atomic E-state index is -0.119. The third kappa shape index (κ3) is 3.50. The number of hydrogen-bond donors (Lipinski definition) is 1. The number of hydrogen-bond acceptors (Lipinski definition) is 5. The highest BCUT2D eigenvalue weighted by atomic mass is 32.1. The van der Waals surface area contributed by atoms with Crippen molar-refractivity contribution < 1.29 is 9.53 Å². The molecule has 2 aromatic carbocycles. The van der Waals surface area contributed by atoms with E-state index in [1.54, 1.807) is 11.3 Å². The molecule has 5 nitrogen and oxygen atoms in total. The van der Waals surface area contributed by atoms with E-state index in [0.29, 0.717) is 5.56 Å². The summed E-state index contributed by atoms with van der Waals surface area (Å²) in [6.45, 7) is 5.30. The lowest BCUT2D eigenvalue weighted by Gasteiger charge is -2.28. The van der Waals surface area contributed by atoms with Gasteiger partial charge in [0.15, 0.2) is 0 Å². The van der Waals surface area contributed by atoms with Crippen molar-refractivity contribution in [3.8, 4) is 0 Å². The number of fused-ring (bicyclic) bond motifs is 1. The second-order valence-electron chi connectivity index (χ2n) is 6.02. The van der Waals surface area contributed by atoms with Crippen LogP contribution >= 0.6 is 11.3 Å². The van der Waals surface area contributed by atoms with Crippen LogP contribution in [-0.4, -0.2) is 37.2 Å². The fourth-order valence-electron chi connectivity index (χ4n) is 2.96. The van der Waals surface area contributed by atoms with Crippen LogP contribution in [0.1, 0.15) is 15.4 Å². The van der Waals surface area contributed by atoms with Crippen LogP contribution in [0.2, 0.25) is 0 Å². The second kappa shape index (κ2) is 6.82. The first-order chi connectivity index (χ1) is 12.2. The van der Waals surface area contributed by atoms with E-state index in [0.717, 1.165) is 52.9 Å². The first-order valence-corrected chi connectivity index (χ1v) is 9.12. The fourth-order valence-corrected chi connectivity index (χ4v) is 3.77. The van der Waals surface area contributed by atoms with Crippen LogP contribution < -0.4 is 10.2 Å². The highest BCUT2D eigenvalue weighted by Gasteiger charge is 2.12. The van der Waals surface area contributed by atoms with Gasteiger partial charge in [-0.2, -0.15) is 0 Å². The number of carbonyl (C=O) groups is 1. The van der Waals surface area contributed by atoms with Crippen LogP contribution in [-0.2, 0) is 4.74 Å². The van der Waals surface area contributed by atoms with Crippen molar-refractivity contribution in [1.82, 2.24) is 4.98 Å². The van der Waals surface area contributed by atoms with E-state index in [4.69, 9.17) is 4.74 Å². The Balaban J connectivity index is 1.47. The summed E-state index contributed by atoms with van der Waals surface area (Å²) in [5.74, 6) is -0.119. The zero-order chi connectivity index (χ0) is 17.2. The minimum Gasteiger partial charge on any atom is -0.378 e. The van der Waals surface area contributed by atoms with Crippen LogP contribution in [0.4, 0.5) is 11.4 Å². The number of rotatable bonds is 3. The molecular weight excluding hydrogens is 334 g/mol. The van der Waals surface area contributed by atoms with Crippen molar-refractivity contribution in [2.24, 2.45) is 0 Å². The number of ether oxygens (including phenoxy) is 1. The Morgan fingerprint density at radius 2 is 1.92 bits per heavy atom. The average molecular weight is 353 g/mol. The predicted molar refractivity (Wildman–Crippen MR) is 102 cm³/mol. The van der Waals surface area contributed by atoms with Crippen LogP contribution in [0, 0.1) is 6.92 Å². The zero-order valence-corrected chi connectivity index (χ0v) is 14.8. The Hall–Kier alpha value is -2.44. The Labute approximate surface area is 150 Å². The van der Waals surface area contributed by atoms with Crippen LogP contribution in [0.3, 0.4) is 0 Å². The van der Waals surface area contributed by atoms with E-state index < -0.39 is 0 Å². The molecule has 6 heteroatoms. The van der Waals surface area contributed by atoms with Crippen LogP contribution in [0.25, 0.3) is 10.2 Å². The number of thiazole rings is 1. The molecule has 0 bridgehead atoms. The minimum absolute atomic E-state index is 0.119. The molecule has 0 radical (unpaired) electrons. The number of aryl methyl sites for hydroxylation is 1. The van der Waals surface area contributed by atoms with Gasteiger partial charge in [0.25, 0.3) is 5.91 Å². The third-order valence-corrected chi connectivity index (χ3v) is 5.21. The van der Waals surface area contributed by atoms with Gasteiger partial charge in [0.1, 0.15) is 0 Å². The first-order valence-electron chi connectivity index (χ1n) is 8.30. The smallest absolute Gasteiger partial charge is 0.255 e. The molecule has 1 N–H and O–H groups in total. The topological polar surface area (TPSA) is 54.5 Å². The predicted octanol–water partition coefficient (Wildman–Crippen LogP) is 3.69. The molecule has 128 valence electrons. The van der Waals surface area contributed by atoms with Gasteiger partial charge in [-0.1, -0.05) is 0 Å². The number of amides is 1. The van der Waals surface area contributed by atoms with E-state index in [2.05, 4.69) is 15.2 Å². The highest BCUT2D eigenvalue weighted by Crippen LogP contribution is 2.23. The van der Waals surface area contributed by atoms with Gasteiger partial charge in [-0.25, -0.2) is 4.98 Å². The molecule has 1 aromatic heterocycles. The van der Waals surface area contributed by atoms with Gasteiger partial charge in [-0.15, -0.1) is 11.3 Å². The third-order valence-electron chi connectivity index (χ3n) is 4.26. The first kappa shape index (κ1) is 16.1. The fraction of sp³-hybridized carbons (Fsp3) is 0.263. The Kier molecular flexibility index (Phi) is 4.38. The summed E-state index contributed by atoms with van der Waals surface area (Å²) in [5.41, 5.74) is 3.44. The largest absolute Gasteiger partial charge is 0.378 e. The van der Waals surface area contributed by atoms with E-state index in [1.165, 1.54) is 0 Å². The normalized spacial score (nSPS) is 14.7. The molecule has 25 heavy (non-hydrogen) atoms. The summed E-state index contributed by atoms with van der Waals surface area (Å²) in [4.78, 5) is 19.2. The van der Waals surface area contributed by atoms with Gasteiger partial charge in [0.2, 0.25) is 0 Å². The maximum Gasteiger partial charge on any atom is 0.255 e. The average Bonchev–Trinajstić information content (AvgIpc) is 3.02. The molecule has 0 aliphatic carbocycles. The molecule has 0 saturated carbocycles. The van der Waals surface area contributed by atoms with Gasteiger partial charge < -0.3 is 15.0 Å². The number of morpholine rings is 1. The lowest BCUT2D eigenvalue weighted by Crippen LogP contribution is -2.36. The van der Waals surface area contributed by atoms with Gasteiger partial charge in [0.05, 0.1) is 28.4 Å². The Bertz CT molecular complexity index is 899. The SMILES string of the molecule is Cc1nc2cc(C(=O)Nc3ccc(N4CCOCC4)cc3)ccc2s1. The molecule has 0 spiro atoms. The molecule has 2 heterocycles. The molecule has 1 saturated heterocycles. The summed E-state index contributed by atoms with van der Waals surface area (Å²) in [6, 6.07) is 13.6. The summed E-state index contributed by atoms with van der Waals surface area (Å²) < 4.78 is 6.48. The molecule has 0 atom stereocenters. The van der Waals surface area contributed by atoms with Gasteiger partial charge in [-0.3, -0.25) is 4.79 Å². The number of aromatic nitrogens is 1. The Morgan fingerprint density at radius 3 is 2.68 bits per heavy atom. The maximum atomic E-state index is 12.5. The number of anilines is 2.